The molecule has 0 bridgehead atoms. The molecule has 4 nitrogen and oxygen atoms in total. The van der Waals surface area contributed by atoms with Crippen LogP contribution >= 0.6 is 15.9 Å². The lowest BCUT2D eigenvalue weighted by Crippen LogP contribution is -2.36. The van der Waals surface area contributed by atoms with Gasteiger partial charge >= 0.3 is 0 Å². The maximum Gasteiger partial charge on any atom is 0.129 e. The second-order valence-electron chi connectivity index (χ2n) is 4.40. The molecule has 3 rings (SSSR count). The van der Waals surface area contributed by atoms with Gasteiger partial charge in [-0.25, -0.2) is 4.98 Å². The van der Waals surface area contributed by atoms with E-state index in [1.54, 1.807) is 0 Å². The number of morpholine rings is 1. The lowest BCUT2D eigenvalue weighted by molar-refractivity contribution is 0.0728. The fraction of sp³-hybridized carbons (Fsp3) is 0.727. The molecule has 3 heterocycles. The average molecular weight is 286 g/mol. The predicted octanol–water partition coefficient (Wildman–Crippen LogP) is 1.64. The SMILES string of the molecule is Brc1nc(C2COCCN2)n2c1CCCC2. The molecule has 1 aromatic heterocycles. The number of imidazole rings is 1. The van der Waals surface area contributed by atoms with Crippen LogP contribution in [0.3, 0.4) is 0 Å². The van der Waals surface area contributed by atoms with Gasteiger partial charge < -0.3 is 14.6 Å². The molecule has 2 aliphatic heterocycles. The van der Waals surface area contributed by atoms with Crippen molar-refractivity contribution in [3.8, 4) is 0 Å². The monoisotopic (exact) mass is 285 g/mol. The largest absolute Gasteiger partial charge is 0.378 e. The molecule has 0 spiro atoms. The van der Waals surface area contributed by atoms with Crippen LogP contribution in [0.1, 0.15) is 30.4 Å². The molecule has 0 amide bonds. The van der Waals surface area contributed by atoms with Crippen LogP contribution in [-0.4, -0.2) is 29.3 Å². The third-order valence-corrected chi connectivity index (χ3v) is 3.97. The van der Waals surface area contributed by atoms with Crippen LogP contribution in [0.5, 0.6) is 0 Å². The first-order valence-corrected chi connectivity index (χ1v) is 6.71. The van der Waals surface area contributed by atoms with Gasteiger partial charge in [-0.3, -0.25) is 0 Å². The lowest BCUT2D eigenvalue weighted by atomic mass is 10.1. The molecule has 1 aromatic rings. The lowest BCUT2D eigenvalue weighted by Gasteiger charge is -2.25. The Labute approximate surface area is 104 Å². The molecule has 1 N–H and O–H groups in total. The Hall–Kier alpha value is -0.390. The first kappa shape index (κ1) is 10.7. The fourth-order valence-corrected chi connectivity index (χ4v) is 3.12. The van der Waals surface area contributed by atoms with Gasteiger partial charge in [-0.15, -0.1) is 0 Å². The summed E-state index contributed by atoms with van der Waals surface area (Å²) in [5.74, 6) is 1.14. The van der Waals surface area contributed by atoms with Crippen molar-refractivity contribution in [2.45, 2.75) is 31.8 Å². The standard InChI is InChI=1S/C11H16BrN3O/c12-10-9-3-1-2-5-15(9)11(14-10)8-7-16-6-4-13-8/h8,13H,1-7H2. The van der Waals surface area contributed by atoms with Gasteiger partial charge in [-0.05, 0) is 35.2 Å². The molecule has 0 aliphatic carbocycles. The molecule has 0 aromatic carbocycles. The first-order chi connectivity index (χ1) is 7.86. The third-order valence-electron chi connectivity index (χ3n) is 3.33. The minimum atomic E-state index is 0.261. The average Bonchev–Trinajstić information content (AvgIpc) is 2.69. The maximum atomic E-state index is 5.51. The Bertz CT molecular complexity index is 385. The summed E-state index contributed by atoms with van der Waals surface area (Å²) in [5.41, 5.74) is 1.36. The molecule has 88 valence electrons. The summed E-state index contributed by atoms with van der Waals surface area (Å²) in [6, 6.07) is 0.261. The van der Waals surface area contributed by atoms with E-state index in [9.17, 15) is 0 Å². The van der Waals surface area contributed by atoms with Gasteiger partial charge in [-0.1, -0.05) is 0 Å². The highest BCUT2D eigenvalue weighted by Crippen LogP contribution is 2.28. The number of hydrogen-bond acceptors (Lipinski definition) is 3. The topological polar surface area (TPSA) is 39.1 Å². The van der Waals surface area contributed by atoms with Crippen molar-refractivity contribution in [3.05, 3.63) is 16.1 Å². The van der Waals surface area contributed by atoms with E-state index in [1.165, 1.54) is 18.5 Å². The Morgan fingerprint density at radius 1 is 1.44 bits per heavy atom. The molecule has 0 radical (unpaired) electrons. The summed E-state index contributed by atoms with van der Waals surface area (Å²) in [6.07, 6.45) is 3.68. The molecule has 5 heteroatoms. The first-order valence-electron chi connectivity index (χ1n) is 5.92. The highest BCUT2D eigenvalue weighted by atomic mass is 79.9. The van der Waals surface area contributed by atoms with E-state index in [4.69, 9.17) is 4.74 Å². The Balaban J connectivity index is 1.93. The van der Waals surface area contributed by atoms with Crippen LogP contribution in [-0.2, 0) is 17.7 Å². The number of hydrogen-bond donors (Lipinski definition) is 1. The van der Waals surface area contributed by atoms with Gasteiger partial charge in [0.2, 0.25) is 0 Å². The number of nitrogens with zero attached hydrogens (tertiary/aromatic N) is 2. The number of aromatic nitrogens is 2. The summed E-state index contributed by atoms with van der Waals surface area (Å²) < 4.78 is 8.89. The van der Waals surface area contributed by atoms with Crippen LogP contribution in [0.15, 0.2) is 4.60 Å². The molecule has 16 heavy (non-hydrogen) atoms. The molecule has 1 fully saturated rings. The van der Waals surface area contributed by atoms with Crippen LogP contribution < -0.4 is 5.32 Å². The summed E-state index contributed by atoms with van der Waals surface area (Å²) in [6.45, 7) is 3.57. The summed E-state index contributed by atoms with van der Waals surface area (Å²) in [5, 5.41) is 3.47. The molecule has 1 saturated heterocycles. The predicted molar refractivity (Wildman–Crippen MR) is 64.4 cm³/mol. The maximum absolute atomic E-state index is 5.51. The van der Waals surface area contributed by atoms with Crippen LogP contribution in [0.25, 0.3) is 0 Å². The zero-order valence-electron chi connectivity index (χ0n) is 9.21. The molecule has 1 atom stereocenters. The van der Waals surface area contributed by atoms with Crippen LogP contribution in [0.4, 0.5) is 0 Å². The minimum absolute atomic E-state index is 0.261. The number of nitrogens with one attached hydrogen (secondary N) is 1. The van der Waals surface area contributed by atoms with Gasteiger partial charge in [0.05, 0.1) is 24.9 Å². The van der Waals surface area contributed by atoms with E-state index in [0.717, 1.165) is 43.2 Å². The van der Waals surface area contributed by atoms with Crippen LogP contribution in [0, 0.1) is 0 Å². The van der Waals surface area contributed by atoms with E-state index < -0.39 is 0 Å². The van der Waals surface area contributed by atoms with E-state index in [-0.39, 0.29) is 6.04 Å². The highest BCUT2D eigenvalue weighted by molar-refractivity contribution is 9.10. The number of ether oxygens (including phenoxy) is 1. The Kier molecular flexibility index (Phi) is 3.00. The van der Waals surface area contributed by atoms with Crippen molar-refractivity contribution in [1.29, 1.82) is 0 Å². The summed E-state index contributed by atoms with van der Waals surface area (Å²) >= 11 is 3.57. The van der Waals surface area contributed by atoms with Gasteiger partial charge in [-0.2, -0.15) is 0 Å². The quantitative estimate of drug-likeness (QED) is 0.853. The van der Waals surface area contributed by atoms with E-state index in [1.807, 2.05) is 0 Å². The second kappa shape index (κ2) is 4.47. The van der Waals surface area contributed by atoms with Crippen molar-refractivity contribution in [1.82, 2.24) is 14.9 Å². The Morgan fingerprint density at radius 3 is 3.19 bits per heavy atom. The summed E-state index contributed by atoms with van der Waals surface area (Å²) in [7, 11) is 0. The highest BCUT2D eigenvalue weighted by Gasteiger charge is 2.25. The normalized spacial score (nSPS) is 25.4. The zero-order valence-corrected chi connectivity index (χ0v) is 10.8. The number of halogens is 1. The van der Waals surface area contributed by atoms with Gasteiger partial charge in [0.25, 0.3) is 0 Å². The second-order valence-corrected chi connectivity index (χ2v) is 5.15. The van der Waals surface area contributed by atoms with Crippen molar-refractivity contribution in [3.63, 3.8) is 0 Å². The van der Waals surface area contributed by atoms with E-state index >= 15 is 0 Å². The molecule has 0 saturated carbocycles. The third kappa shape index (κ3) is 1.81. The molecule has 2 aliphatic rings. The van der Waals surface area contributed by atoms with Crippen molar-refractivity contribution >= 4 is 15.9 Å². The van der Waals surface area contributed by atoms with Crippen molar-refractivity contribution in [2.75, 3.05) is 19.8 Å². The minimum Gasteiger partial charge on any atom is -0.378 e. The van der Waals surface area contributed by atoms with E-state index in [2.05, 4.69) is 30.8 Å². The van der Waals surface area contributed by atoms with Gasteiger partial charge in [0, 0.05) is 13.1 Å². The molecular weight excluding hydrogens is 270 g/mol. The molecular formula is C11H16BrN3O. The van der Waals surface area contributed by atoms with Gasteiger partial charge in [0.1, 0.15) is 10.4 Å². The van der Waals surface area contributed by atoms with Crippen molar-refractivity contribution in [2.24, 2.45) is 0 Å². The fourth-order valence-electron chi connectivity index (χ4n) is 2.52. The van der Waals surface area contributed by atoms with Crippen LogP contribution in [0.2, 0.25) is 0 Å². The number of rotatable bonds is 1. The summed E-state index contributed by atoms with van der Waals surface area (Å²) in [4.78, 5) is 4.65. The van der Waals surface area contributed by atoms with Crippen molar-refractivity contribution < 1.29 is 4.74 Å². The molecule has 1 unspecified atom stereocenters. The van der Waals surface area contributed by atoms with E-state index in [0.29, 0.717) is 0 Å². The van der Waals surface area contributed by atoms with Gasteiger partial charge in [0.15, 0.2) is 0 Å². The zero-order chi connectivity index (χ0) is 11.0. The Morgan fingerprint density at radius 2 is 2.38 bits per heavy atom. The smallest absolute Gasteiger partial charge is 0.129 e. The number of fused-ring (bicyclic) bond motifs is 1.